The van der Waals surface area contributed by atoms with E-state index in [1.165, 1.54) is 15.6 Å². The van der Waals surface area contributed by atoms with Crippen molar-refractivity contribution in [2.24, 2.45) is 0 Å². The van der Waals surface area contributed by atoms with Crippen molar-refractivity contribution >= 4 is 33.2 Å². The maximum atomic E-state index is 12.0. The van der Waals surface area contributed by atoms with Crippen LogP contribution in [0.15, 0.2) is 63.2 Å². The van der Waals surface area contributed by atoms with Gasteiger partial charge < -0.3 is 5.32 Å². The van der Waals surface area contributed by atoms with Gasteiger partial charge in [0, 0.05) is 33.9 Å². The SMILES string of the molecule is O=C(CCn1nc(-c2ccc(Br)cc2)ccc1=O)NCCc1cccs1. The van der Waals surface area contributed by atoms with E-state index in [9.17, 15) is 9.59 Å². The Balaban J connectivity index is 1.57. The Labute approximate surface area is 163 Å². The van der Waals surface area contributed by atoms with Crippen molar-refractivity contribution in [2.45, 2.75) is 19.4 Å². The van der Waals surface area contributed by atoms with E-state index in [2.05, 4.69) is 26.3 Å². The van der Waals surface area contributed by atoms with E-state index in [0.29, 0.717) is 12.2 Å². The molecule has 0 saturated heterocycles. The fraction of sp³-hybridized carbons (Fsp3) is 0.211. The number of aryl methyl sites for hydroxylation is 1. The number of carbonyl (C=O) groups excluding carboxylic acids is 1. The van der Waals surface area contributed by atoms with Crippen LogP contribution in [-0.2, 0) is 17.8 Å². The molecule has 0 aliphatic carbocycles. The van der Waals surface area contributed by atoms with Gasteiger partial charge in [-0.1, -0.05) is 34.1 Å². The molecule has 5 nitrogen and oxygen atoms in total. The molecule has 0 radical (unpaired) electrons. The van der Waals surface area contributed by atoms with Crippen molar-refractivity contribution in [3.8, 4) is 11.3 Å². The van der Waals surface area contributed by atoms with Crippen molar-refractivity contribution in [3.05, 3.63) is 73.6 Å². The van der Waals surface area contributed by atoms with Crippen LogP contribution in [0.1, 0.15) is 11.3 Å². The van der Waals surface area contributed by atoms with Crippen LogP contribution in [0.3, 0.4) is 0 Å². The summed E-state index contributed by atoms with van der Waals surface area (Å²) in [6.45, 7) is 0.856. The molecule has 0 saturated carbocycles. The zero-order valence-electron chi connectivity index (χ0n) is 14.0. The van der Waals surface area contributed by atoms with Gasteiger partial charge in [-0.2, -0.15) is 5.10 Å². The molecule has 0 bridgehead atoms. The summed E-state index contributed by atoms with van der Waals surface area (Å²) >= 11 is 5.08. The molecule has 2 aromatic heterocycles. The fourth-order valence-electron chi connectivity index (χ4n) is 2.46. The predicted octanol–water partition coefficient (Wildman–Crippen LogP) is 3.48. The van der Waals surface area contributed by atoms with Crippen molar-refractivity contribution < 1.29 is 4.79 Å². The second-order valence-corrected chi connectivity index (χ2v) is 7.66. The average molecular weight is 432 g/mol. The van der Waals surface area contributed by atoms with Gasteiger partial charge in [-0.05, 0) is 36.1 Å². The molecule has 0 aliphatic rings. The number of nitrogens with zero attached hydrogens (tertiary/aromatic N) is 2. The molecule has 134 valence electrons. The van der Waals surface area contributed by atoms with Crippen LogP contribution in [0, 0.1) is 0 Å². The van der Waals surface area contributed by atoms with Gasteiger partial charge in [-0.15, -0.1) is 11.3 Å². The van der Waals surface area contributed by atoms with Gasteiger partial charge in [-0.25, -0.2) is 4.68 Å². The lowest BCUT2D eigenvalue weighted by atomic mass is 10.1. The number of nitrogens with one attached hydrogen (secondary N) is 1. The standard InChI is InChI=1S/C19H18BrN3O2S/c20-15-5-3-14(4-6-15)17-7-8-19(25)23(22-17)12-10-18(24)21-11-9-16-2-1-13-26-16/h1-8,13H,9-12H2,(H,21,24). The van der Waals surface area contributed by atoms with Gasteiger partial charge in [0.1, 0.15) is 0 Å². The number of carbonyl (C=O) groups is 1. The lowest BCUT2D eigenvalue weighted by Crippen LogP contribution is -2.29. The van der Waals surface area contributed by atoms with E-state index in [-0.39, 0.29) is 24.4 Å². The van der Waals surface area contributed by atoms with Crippen LogP contribution in [-0.4, -0.2) is 22.2 Å². The fourth-order valence-corrected chi connectivity index (χ4v) is 3.43. The van der Waals surface area contributed by atoms with Crippen molar-refractivity contribution in [3.63, 3.8) is 0 Å². The van der Waals surface area contributed by atoms with E-state index in [1.54, 1.807) is 17.4 Å². The number of rotatable bonds is 7. The van der Waals surface area contributed by atoms with Crippen LogP contribution in [0.2, 0.25) is 0 Å². The lowest BCUT2D eigenvalue weighted by Gasteiger charge is -2.08. The Morgan fingerprint density at radius 3 is 2.69 bits per heavy atom. The minimum atomic E-state index is -0.211. The molecule has 26 heavy (non-hydrogen) atoms. The van der Waals surface area contributed by atoms with Gasteiger partial charge in [0.05, 0.1) is 12.2 Å². The topological polar surface area (TPSA) is 64.0 Å². The number of benzene rings is 1. The highest BCUT2D eigenvalue weighted by Gasteiger charge is 2.07. The van der Waals surface area contributed by atoms with Gasteiger partial charge in [0.15, 0.2) is 0 Å². The first kappa shape index (κ1) is 18.5. The Morgan fingerprint density at radius 2 is 1.96 bits per heavy atom. The van der Waals surface area contributed by atoms with Gasteiger partial charge >= 0.3 is 0 Å². The lowest BCUT2D eigenvalue weighted by molar-refractivity contribution is -0.121. The smallest absolute Gasteiger partial charge is 0.266 e. The normalized spacial score (nSPS) is 10.7. The van der Waals surface area contributed by atoms with Crippen molar-refractivity contribution in [1.82, 2.24) is 15.1 Å². The molecule has 1 amide bonds. The molecule has 0 unspecified atom stereocenters. The number of hydrogen-bond acceptors (Lipinski definition) is 4. The molecular weight excluding hydrogens is 414 g/mol. The largest absolute Gasteiger partial charge is 0.356 e. The van der Waals surface area contributed by atoms with Crippen LogP contribution in [0.5, 0.6) is 0 Å². The summed E-state index contributed by atoms with van der Waals surface area (Å²) in [7, 11) is 0. The maximum absolute atomic E-state index is 12.0. The summed E-state index contributed by atoms with van der Waals surface area (Å²) in [5.74, 6) is -0.0794. The molecule has 3 rings (SSSR count). The second kappa shape index (κ2) is 8.91. The molecular formula is C19H18BrN3O2S. The van der Waals surface area contributed by atoms with Crippen molar-refractivity contribution in [1.29, 1.82) is 0 Å². The number of halogens is 1. The maximum Gasteiger partial charge on any atom is 0.266 e. The summed E-state index contributed by atoms with van der Waals surface area (Å²) in [4.78, 5) is 25.2. The zero-order chi connectivity index (χ0) is 18.4. The first-order chi connectivity index (χ1) is 12.6. The van der Waals surface area contributed by atoms with E-state index in [4.69, 9.17) is 0 Å². The van der Waals surface area contributed by atoms with Gasteiger partial charge in [0.25, 0.3) is 5.56 Å². The molecule has 1 aromatic carbocycles. The quantitative estimate of drug-likeness (QED) is 0.622. The molecule has 0 atom stereocenters. The Bertz CT molecular complexity index is 921. The zero-order valence-corrected chi connectivity index (χ0v) is 16.4. The summed E-state index contributed by atoms with van der Waals surface area (Å²) in [6, 6.07) is 14.9. The van der Waals surface area contributed by atoms with Crippen LogP contribution in [0.25, 0.3) is 11.3 Å². The predicted molar refractivity (Wildman–Crippen MR) is 107 cm³/mol. The minimum Gasteiger partial charge on any atom is -0.356 e. The number of hydrogen-bond donors (Lipinski definition) is 1. The highest BCUT2D eigenvalue weighted by Crippen LogP contribution is 2.18. The summed E-state index contributed by atoms with van der Waals surface area (Å²) in [6.07, 6.45) is 1.04. The molecule has 0 aliphatic heterocycles. The van der Waals surface area contributed by atoms with Crippen molar-refractivity contribution in [2.75, 3.05) is 6.54 Å². The second-order valence-electron chi connectivity index (χ2n) is 5.72. The monoisotopic (exact) mass is 431 g/mol. The number of amides is 1. The summed E-state index contributed by atoms with van der Waals surface area (Å²) < 4.78 is 2.32. The molecule has 0 fully saturated rings. The van der Waals surface area contributed by atoms with E-state index < -0.39 is 0 Å². The average Bonchev–Trinajstić information content (AvgIpc) is 3.15. The molecule has 0 spiro atoms. The van der Waals surface area contributed by atoms with Gasteiger partial charge in [-0.3, -0.25) is 9.59 Å². The summed E-state index contributed by atoms with van der Waals surface area (Å²) in [5, 5.41) is 9.28. The van der Waals surface area contributed by atoms with Gasteiger partial charge in [0.2, 0.25) is 5.91 Å². The molecule has 7 heteroatoms. The Kier molecular flexibility index (Phi) is 6.35. The first-order valence-corrected chi connectivity index (χ1v) is 9.92. The third-order valence-corrected chi connectivity index (χ3v) is 5.30. The Hall–Kier alpha value is -2.25. The minimum absolute atomic E-state index is 0.0794. The highest BCUT2D eigenvalue weighted by atomic mass is 79.9. The molecule has 2 heterocycles. The highest BCUT2D eigenvalue weighted by molar-refractivity contribution is 9.10. The molecule has 3 aromatic rings. The van der Waals surface area contributed by atoms with E-state index in [0.717, 1.165) is 16.5 Å². The third kappa shape index (κ3) is 5.12. The number of thiophene rings is 1. The Morgan fingerprint density at radius 1 is 1.15 bits per heavy atom. The first-order valence-electron chi connectivity index (χ1n) is 8.25. The van der Waals surface area contributed by atoms with Crippen LogP contribution in [0.4, 0.5) is 0 Å². The van der Waals surface area contributed by atoms with E-state index in [1.807, 2.05) is 41.8 Å². The van der Waals surface area contributed by atoms with Crippen LogP contribution >= 0.6 is 27.3 Å². The van der Waals surface area contributed by atoms with Crippen LogP contribution < -0.4 is 10.9 Å². The summed E-state index contributed by atoms with van der Waals surface area (Å²) in [5.41, 5.74) is 1.41. The third-order valence-electron chi connectivity index (χ3n) is 3.83. The molecule has 1 N–H and O–H groups in total. The number of aromatic nitrogens is 2. The van der Waals surface area contributed by atoms with E-state index >= 15 is 0 Å².